The van der Waals surface area contributed by atoms with Crippen LogP contribution < -0.4 is 5.32 Å². The van der Waals surface area contributed by atoms with Gasteiger partial charge in [0.05, 0.1) is 0 Å². The van der Waals surface area contributed by atoms with Gasteiger partial charge in [-0.1, -0.05) is 12.8 Å². The van der Waals surface area contributed by atoms with Gasteiger partial charge in [-0.2, -0.15) is 0 Å². The average molecular weight is 238 g/mol. The third kappa shape index (κ3) is 4.26. The molecule has 1 N–H and O–H groups in total. The highest BCUT2D eigenvalue weighted by Crippen LogP contribution is 2.26. The van der Waals surface area contributed by atoms with Gasteiger partial charge in [-0.3, -0.25) is 0 Å². The van der Waals surface area contributed by atoms with Crippen molar-refractivity contribution in [1.29, 1.82) is 0 Å². The first kappa shape index (κ1) is 13.4. The molecule has 1 heterocycles. The molecule has 1 saturated heterocycles. The smallest absolute Gasteiger partial charge is 0.0110 e. The molecule has 2 atom stereocenters. The Balaban J connectivity index is 1.83. The zero-order valence-electron chi connectivity index (χ0n) is 12.0. The van der Waals surface area contributed by atoms with Crippen LogP contribution >= 0.6 is 0 Å². The molecule has 0 aromatic rings. The van der Waals surface area contributed by atoms with Crippen molar-refractivity contribution in [2.45, 2.75) is 83.3 Å². The molecule has 0 spiro atoms. The van der Waals surface area contributed by atoms with E-state index < -0.39 is 0 Å². The van der Waals surface area contributed by atoms with E-state index in [9.17, 15) is 0 Å². The van der Waals surface area contributed by atoms with E-state index in [-0.39, 0.29) is 5.54 Å². The largest absolute Gasteiger partial charge is 0.309 e. The molecule has 0 aromatic heterocycles. The summed E-state index contributed by atoms with van der Waals surface area (Å²) >= 11 is 0. The van der Waals surface area contributed by atoms with Crippen LogP contribution in [0, 0.1) is 0 Å². The molecule has 2 rings (SSSR count). The molecular weight excluding hydrogens is 208 g/mol. The van der Waals surface area contributed by atoms with Crippen LogP contribution in [-0.4, -0.2) is 35.6 Å². The Morgan fingerprint density at radius 1 is 0.941 bits per heavy atom. The van der Waals surface area contributed by atoms with E-state index in [1.165, 1.54) is 58.0 Å². The SMILES string of the molecule is CC(C)(C)N[C@H]1CCC[C@H](N2CCCCC2)C1. The van der Waals surface area contributed by atoms with Crippen molar-refractivity contribution in [3.05, 3.63) is 0 Å². The van der Waals surface area contributed by atoms with Gasteiger partial charge in [0.25, 0.3) is 0 Å². The summed E-state index contributed by atoms with van der Waals surface area (Å²) in [5.74, 6) is 0. The second-order valence-corrected chi connectivity index (χ2v) is 7.01. The molecule has 1 aliphatic carbocycles. The van der Waals surface area contributed by atoms with Crippen molar-refractivity contribution in [1.82, 2.24) is 10.2 Å². The summed E-state index contributed by atoms with van der Waals surface area (Å²) in [6, 6.07) is 1.61. The van der Waals surface area contributed by atoms with Crippen LogP contribution in [0.3, 0.4) is 0 Å². The molecule has 0 radical (unpaired) electrons. The maximum absolute atomic E-state index is 3.80. The Labute approximate surface area is 107 Å². The van der Waals surface area contributed by atoms with Crippen molar-refractivity contribution in [2.24, 2.45) is 0 Å². The lowest BCUT2D eigenvalue weighted by atomic mass is 9.87. The highest BCUT2D eigenvalue weighted by atomic mass is 15.2. The van der Waals surface area contributed by atoms with Gasteiger partial charge in [-0.15, -0.1) is 0 Å². The van der Waals surface area contributed by atoms with Crippen LogP contribution in [0.5, 0.6) is 0 Å². The molecule has 1 aliphatic heterocycles. The number of rotatable bonds is 2. The fraction of sp³-hybridized carbons (Fsp3) is 1.00. The van der Waals surface area contributed by atoms with Gasteiger partial charge in [0, 0.05) is 17.6 Å². The fourth-order valence-corrected chi connectivity index (χ4v) is 3.52. The fourth-order valence-electron chi connectivity index (χ4n) is 3.52. The lowest BCUT2D eigenvalue weighted by Gasteiger charge is -2.41. The van der Waals surface area contributed by atoms with Crippen molar-refractivity contribution in [3.8, 4) is 0 Å². The Morgan fingerprint density at radius 2 is 1.65 bits per heavy atom. The van der Waals surface area contributed by atoms with E-state index in [1.54, 1.807) is 0 Å². The van der Waals surface area contributed by atoms with E-state index in [4.69, 9.17) is 0 Å². The number of nitrogens with zero attached hydrogens (tertiary/aromatic N) is 1. The summed E-state index contributed by atoms with van der Waals surface area (Å²) in [4.78, 5) is 2.76. The van der Waals surface area contributed by atoms with Crippen LogP contribution in [-0.2, 0) is 0 Å². The standard InChI is InChI=1S/C15H30N2/c1-15(2,3)16-13-8-7-9-14(12-13)17-10-5-4-6-11-17/h13-14,16H,4-12H2,1-3H3/t13-,14-/m0/s1. The molecule has 17 heavy (non-hydrogen) atoms. The van der Waals surface area contributed by atoms with Gasteiger partial charge in [-0.05, 0) is 66.0 Å². The lowest BCUT2D eigenvalue weighted by molar-refractivity contribution is 0.111. The van der Waals surface area contributed by atoms with Crippen molar-refractivity contribution < 1.29 is 0 Å². The minimum atomic E-state index is 0.272. The first-order valence-electron chi connectivity index (χ1n) is 7.56. The van der Waals surface area contributed by atoms with E-state index >= 15 is 0 Å². The third-order valence-corrected chi connectivity index (χ3v) is 4.19. The first-order valence-corrected chi connectivity index (χ1v) is 7.56. The summed E-state index contributed by atoms with van der Waals surface area (Å²) in [6.07, 6.45) is 9.89. The number of hydrogen-bond donors (Lipinski definition) is 1. The maximum Gasteiger partial charge on any atom is 0.0110 e. The zero-order valence-corrected chi connectivity index (χ0v) is 12.0. The van der Waals surface area contributed by atoms with Crippen molar-refractivity contribution in [2.75, 3.05) is 13.1 Å². The summed E-state index contributed by atoms with van der Waals surface area (Å²) < 4.78 is 0. The summed E-state index contributed by atoms with van der Waals surface area (Å²) in [7, 11) is 0. The van der Waals surface area contributed by atoms with Gasteiger partial charge in [0.1, 0.15) is 0 Å². The third-order valence-electron chi connectivity index (χ3n) is 4.19. The minimum Gasteiger partial charge on any atom is -0.309 e. The van der Waals surface area contributed by atoms with Crippen LogP contribution in [0.15, 0.2) is 0 Å². The number of nitrogens with one attached hydrogen (secondary N) is 1. The molecular formula is C15H30N2. The van der Waals surface area contributed by atoms with E-state index in [0.29, 0.717) is 0 Å². The molecule has 2 nitrogen and oxygen atoms in total. The summed E-state index contributed by atoms with van der Waals surface area (Å²) in [5.41, 5.74) is 0.272. The van der Waals surface area contributed by atoms with Gasteiger partial charge in [0.15, 0.2) is 0 Å². The van der Waals surface area contributed by atoms with E-state index in [0.717, 1.165) is 12.1 Å². The number of hydrogen-bond acceptors (Lipinski definition) is 2. The number of likely N-dealkylation sites (tertiary alicyclic amines) is 1. The summed E-state index contributed by atoms with van der Waals surface area (Å²) in [6.45, 7) is 9.58. The Hall–Kier alpha value is -0.0800. The van der Waals surface area contributed by atoms with Crippen molar-refractivity contribution in [3.63, 3.8) is 0 Å². The molecule has 2 heteroatoms. The van der Waals surface area contributed by atoms with Crippen molar-refractivity contribution >= 4 is 0 Å². The second-order valence-electron chi connectivity index (χ2n) is 7.01. The molecule has 0 aromatic carbocycles. The normalized spacial score (nSPS) is 32.6. The molecule has 2 aliphatic rings. The van der Waals surface area contributed by atoms with Gasteiger partial charge >= 0.3 is 0 Å². The first-order chi connectivity index (χ1) is 8.04. The predicted octanol–water partition coefficient (Wildman–Crippen LogP) is 3.17. The Kier molecular flexibility index (Phi) is 4.48. The topological polar surface area (TPSA) is 15.3 Å². The van der Waals surface area contributed by atoms with Crippen LogP contribution in [0.25, 0.3) is 0 Å². The quantitative estimate of drug-likeness (QED) is 0.795. The second kappa shape index (κ2) is 5.71. The van der Waals surface area contributed by atoms with Crippen LogP contribution in [0.1, 0.15) is 65.7 Å². The lowest BCUT2D eigenvalue weighted by Crippen LogP contribution is -2.50. The van der Waals surface area contributed by atoms with Crippen LogP contribution in [0.4, 0.5) is 0 Å². The molecule has 100 valence electrons. The molecule has 0 bridgehead atoms. The van der Waals surface area contributed by atoms with Gasteiger partial charge in [0.2, 0.25) is 0 Å². The van der Waals surface area contributed by atoms with Crippen LogP contribution in [0.2, 0.25) is 0 Å². The molecule has 1 saturated carbocycles. The Morgan fingerprint density at radius 3 is 2.29 bits per heavy atom. The highest BCUT2D eigenvalue weighted by molar-refractivity contribution is 4.88. The molecule has 0 amide bonds. The van der Waals surface area contributed by atoms with E-state index in [2.05, 4.69) is 31.0 Å². The Bertz CT molecular complexity index is 226. The van der Waals surface area contributed by atoms with Gasteiger partial charge in [-0.25, -0.2) is 0 Å². The molecule has 0 unspecified atom stereocenters. The molecule has 2 fully saturated rings. The maximum atomic E-state index is 3.80. The highest BCUT2D eigenvalue weighted by Gasteiger charge is 2.29. The zero-order chi connectivity index (χ0) is 12.3. The summed E-state index contributed by atoms with van der Waals surface area (Å²) in [5, 5.41) is 3.80. The number of piperidine rings is 1. The van der Waals surface area contributed by atoms with E-state index in [1.807, 2.05) is 0 Å². The monoisotopic (exact) mass is 238 g/mol. The van der Waals surface area contributed by atoms with Gasteiger partial charge < -0.3 is 10.2 Å². The average Bonchev–Trinajstić information content (AvgIpc) is 2.28. The minimum absolute atomic E-state index is 0.272. The predicted molar refractivity (Wildman–Crippen MR) is 74.4 cm³/mol.